The van der Waals surface area contributed by atoms with Crippen LogP contribution in [0, 0.1) is 12.3 Å². The molecule has 0 bridgehead atoms. The maximum Gasteiger partial charge on any atom is 0.490 e. The summed E-state index contributed by atoms with van der Waals surface area (Å²) in [6.07, 6.45) is 5.43. The molecule has 6 N–H and O–H groups in total. The SMILES string of the molecule is C#CCOC1CC(n2cnc3c(N)ncnc32)OC1COP(=O)(O)OP(=O)(O)OP(=O)(O)O. The Labute approximate surface area is 185 Å². The van der Waals surface area contributed by atoms with Crippen LogP contribution in [-0.2, 0) is 36.3 Å². The molecule has 33 heavy (non-hydrogen) atoms. The zero-order valence-electron chi connectivity index (χ0n) is 16.3. The molecule has 5 atom stereocenters. The Kier molecular flexibility index (Phi) is 7.72. The summed E-state index contributed by atoms with van der Waals surface area (Å²) < 4.78 is 58.9. The lowest BCUT2D eigenvalue weighted by molar-refractivity contribution is -0.0544. The topological polar surface area (TPSA) is 248 Å². The van der Waals surface area contributed by atoms with E-state index in [0.29, 0.717) is 11.2 Å². The van der Waals surface area contributed by atoms with E-state index in [1.54, 1.807) is 0 Å². The largest absolute Gasteiger partial charge is 0.490 e. The van der Waals surface area contributed by atoms with Gasteiger partial charge in [-0.3, -0.25) is 9.09 Å². The first-order valence-electron chi connectivity index (χ1n) is 8.72. The molecule has 2 aromatic heterocycles. The number of hydrogen-bond acceptors (Lipinski definition) is 12. The third kappa shape index (κ3) is 6.87. The molecule has 0 radical (unpaired) electrons. The quantitative estimate of drug-likeness (QED) is 0.201. The molecule has 20 heteroatoms. The first-order valence-corrected chi connectivity index (χ1v) is 13.2. The Morgan fingerprint density at radius 3 is 2.58 bits per heavy atom. The van der Waals surface area contributed by atoms with Crippen molar-refractivity contribution in [1.82, 2.24) is 19.5 Å². The molecule has 3 rings (SSSR count). The maximum atomic E-state index is 12.0. The van der Waals surface area contributed by atoms with Crippen LogP contribution in [0.3, 0.4) is 0 Å². The molecular formula is C13H18N5O12P3. The second-order valence-corrected chi connectivity index (χ2v) is 10.8. The highest BCUT2D eigenvalue weighted by molar-refractivity contribution is 7.66. The van der Waals surface area contributed by atoms with Crippen molar-refractivity contribution in [2.75, 3.05) is 18.9 Å². The van der Waals surface area contributed by atoms with Crippen molar-refractivity contribution < 1.29 is 55.9 Å². The number of phosphoric acid groups is 3. The molecule has 5 unspecified atom stereocenters. The van der Waals surface area contributed by atoms with E-state index in [9.17, 15) is 23.5 Å². The number of imidazole rings is 1. The van der Waals surface area contributed by atoms with E-state index < -0.39 is 48.5 Å². The van der Waals surface area contributed by atoms with Gasteiger partial charge in [0.25, 0.3) is 0 Å². The Morgan fingerprint density at radius 1 is 1.18 bits per heavy atom. The number of nitrogens with zero attached hydrogens (tertiary/aromatic N) is 4. The van der Waals surface area contributed by atoms with Crippen molar-refractivity contribution in [3.63, 3.8) is 0 Å². The van der Waals surface area contributed by atoms with E-state index in [2.05, 4.69) is 34.0 Å². The number of rotatable bonds is 10. The molecule has 0 aromatic carbocycles. The molecule has 0 saturated carbocycles. The maximum absolute atomic E-state index is 12.0. The van der Waals surface area contributed by atoms with Crippen molar-refractivity contribution in [2.45, 2.75) is 24.9 Å². The van der Waals surface area contributed by atoms with Crippen LogP contribution in [-0.4, -0.2) is 64.5 Å². The van der Waals surface area contributed by atoms with Gasteiger partial charge in [-0.1, -0.05) is 5.92 Å². The number of aromatic nitrogens is 4. The van der Waals surface area contributed by atoms with E-state index in [1.807, 2.05) is 0 Å². The monoisotopic (exact) mass is 529 g/mol. The first kappa shape index (κ1) is 25.9. The molecule has 1 saturated heterocycles. The van der Waals surface area contributed by atoms with Crippen molar-refractivity contribution in [2.24, 2.45) is 0 Å². The highest BCUT2D eigenvalue weighted by Gasteiger charge is 2.43. The smallest absolute Gasteiger partial charge is 0.382 e. The number of nitrogens with two attached hydrogens (primary N) is 1. The van der Waals surface area contributed by atoms with E-state index in [-0.39, 0.29) is 18.8 Å². The minimum Gasteiger partial charge on any atom is -0.382 e. The van der Waals surface area contributed by atoms with Crippen LogP contribution < -0.4 is 5.73 Å². The summed E-state index contributed by atoms with van der Waals surface area (Å²) in [6, 6.07) is 0. The van der Waals surface area contributed by atoms with Gasteiger partial charge in [0.2, 0.25) is 0 Å². The van der Waals surface area contributed by atoms with Gasteiger partial charge in [-0.25, -0.2) is 28.6 Å². The lowest BCUT2D eigenvalue weighted by Gasteiger charge is -2.20. The Hall–Kier alpha value is -1.76. The molecule has 3 heterocycles. The predicted octanol–water partition coefficient (Wildman–Crippen LogP) is 0.0577. The predicted molar refractivity (Wildman–Crippen MR) is 107 cm³/mol. The zero-order valence-corrected chi connectivity index (χ0v) is 19.0. The number of anilines is 1. The lowest BCUT2D eigenvalue weighted by Crippen LogP contribution is -2.29. The minimum atomic E-state index is -5.65. The number of phosphoric ester groups is 1. The van der Waals surface area contributed by atoms with Gasteiger partial charge in [-0.2, -0.15) is 8.62 Å². The first-order chi connectivity index (χ1) is 15.3. The lowest BCUT2D eigenvalue weighted by atomic mass is 10.2. The number of terminal acetylenes is 1. The minimum absolute atomic E-state index is 0.133. The zero-order chi connectivity index (χ0) is 24.4. The van der Waals surface area contributed by atoms with Crippen LogP contribution >= 0.6 is 23.5 Å². The van der Waals surface area contributed by atoms with Gasteiger partial charge in [-0.15, -0.1) is 6.42 Å². The van der Waals surface area contributed by atoms with E-state index in [4.69, 9.17) is 31.4 Å². The number of nitrogen functional groups attached to an aromatic ring is 1. The van der Waals surface area contributed by atoms with Crippen molar-refractivity contribution >= 4 is 40.4 Å². The Bertz CT molecular complexity index is 1190. The molecule has 0 spiro atoms. The fraction of sp³-hybridized carbons (Fsp3) is 0.462. The normalized spacial score (nSPS) is 24.9. The standard InChI is InChI=1S/C13H18N5O12P3/c1-2-3-26-8-4-10(18-7-17-11-12(14)15-6-16-13(11)18)28-9(8)5-27-32(22,23)30-33(24,25)29-31(19,20)21/h1,6-10H,3-5H2,(H,22,23)(H,24,25)(H2,14,15,16)(H2,19,20,21). The number of ether oxygens (including phenoxy) is 2. The van der Waals surface area contributed by atoms with Gasteiger partial charge in [0.05, 0.1) is 19.0 Å². The molecule has 0 amide bonds. The highest BCUT2D eigenvalue weighted by Crippen LogP contribution is 2.66. The summed E-state index contributed by atoms with van der Waals surface area (Å²) in [6.45, 7) is -0.842. The highest BCUT2D eigenvalue weighted by atomic mass is 31.3. The molecule has 1 aliphatic heterocycles. The van der Waals surface area contributed by atoms with Gasteiger partial charge in [0.1, 0.15) is 30.8 Å². The Morgan fingerprint density at radius 2 is 1.91 bits per heavy atom. The van der Waals surface area contributed by atoms with E-state index in [1.165, 1.54) is 17.2 Å². The molecule has 0 aliphatic carbocycles. The van der Waals surface area contributed by atoms with Gasteiger partial charge in [0, 0.05) is 6.42 Å². The van der Waals surface area contributed by atoms with Crippen molar-refractivity contribution in [3.05, 3.63) is 12.7 Å². The van der Waals surface area contributed by atoms with Gasteiger partial charge >= 0.3 is 23.5 Å². The average Bonchev–Trinajstić information content (AvgIpc) is 3.26. The van der Waals surface area contributed by atoms with E-state index >= 15 is 0 Å². The summed E-state index contributed by atoms with van der Waals surface area (Å²) in [5, 5.41) is 0. The Balaban J connectivity index is 1.72. The summed E-state index contributed by atoms with van der Waals surface area (Å²) in [5.74, 6) is 2.40. The van der Waals surface area contributed by atoms with Crippen LogP contribution in [0.2, 0.25) is 0 Å². The van der Waals surface area contributed by atoms with Gasteiger partial charge in [-0.05, 0) is 0 Å². The number of fused-ring (bicyclic) bond motifs is 1. The molecular weight excluding hydrogens is 511 g/mol. The fourth-order valence-corrected chi connectivity index (χ4v) is 5.93. The molecule has 1 aliphatic rings. The van der Waals surface area contributed by atoms with Crippen molar-refractivity contribution in [3.8, 4) is 12.3 Å². The third-order valence-corrected chi connectivity index (χ3v) is 7.88. The number of hydrogen-bond donors (Lipinski definition) is 5. The second-order valence-electron chi connectivity index (χ2n) is 6.39. The van der Waals surface area contributed by atoms with Gasteiger partial charge < -0.3 is 34.8 Å². The molecule has 1 fully saturated rings. The summed E-state index contributed by atoms with van der Waals surface area (Å²) in [4.78, 5) is 48.1. The average molecular weight is 529 g/mol. The molecule has 17 nitrogen and oxygen atoms in total. The van der Waals surface area contributed by atoms with E-state index in [0.717, 1.165) is 0 Å². The summed E-state index contributed by atoms with van der Waals surface area (Å²) >= 11 is 0. The second kappa shape index (κ2) is 9.85. The molecule has 2 aromatic rings. The van der Waals surface area contributed by atoms with Gasteiger partial charge in [0.15, 0.2) is 11.5 Å². The van der Waals surface area contributed by atoms with Crippen LogP contribution in [0.4, 0.5) is 5.82 Å². The fourth-order valence-electron chi connectivity index (χ4n) is 2.90. The van der Waals surface area contributed by atoms with Crippen LogP contribution in [0.5, 0.6) is 0 Å². The third-order valence-electron chi connectivity index (χ3n) is 4.08. The van der Waals surface area contributed by atoms with Crippen LogP contribution in [0.15, 0.2) is 12.7 Å². The summed E-state index contributed by atoms with van der Waals surface area (Å²) in [5.41, 5.74) is 6.43. The van der Waals surface area contributed by atoms with Crippen LogP contribution in [0.1, 0.15) is 12.6 Å². The van der Waals surface area contributed by atoms with Crippen LogP contribution in [0.25, 0.3) is 11.2 Å². The van der Waals surface area contributed by atoms with Crippen molar-refractivity contribution in [1.29, 1.82) is 0 Å². The summed E-state index contributed by atoms with van der Waals surface area (Å²) in [7, 11) is -16.5. The molecule has 182 valence electrons.